The largest absolute Gasteiger partial charge is 0.466 e. The van der Waals surface area contributed by atoms with Crippen molar-refractivity contribution >= 4 is 17.7 Å². The number of carbonyl (C=O) groups is 2. The van der Waals surface area contributed by atoms with Gasteiger partial charge in [0.05, 0.1) is 19.1 Å². The number of hydrogen-bond donors (Lipinski definition) is 1. The molecule has 28 heavy (non-hydrogen) atoms. The van der Waals surface area contributed by atoms with Gasteiger partial charge in [0.25, 0.3) is 0 Å². The first-order chi connectivity index (χ1) is 13.4. The molecule has 1 aliphatic rings. The molecule has 0 fully saturated rings. The number of fused-ring (bicyclic) bond motifs is 1. The standard InChI is InChI=1S/C22H29N3O3/c1-5-28-20(26)14-17-7-9-18(10-8-17)23-22(27)25-13-12-24-16(4)6-11-19(24)21(25)15(2)3/h6-11,15,21H,5,12-14H2,1-4H3,(H,23,27)/t21-/m0/s1. The summed E-state index contributed by atoms with van der Waals surface area (Å²) in [5, 5.41) is 3.00. The van der Waals surface area contributed by atoms with Crippen molar-refractivity contribution in [3.63, 3.8) is 0 Å². The number of amides is 2. The van der Waals surface area contributed by atoms with Crippen LogP contribution in [-0.2, 0) is 22.5 Å². The molecule has 2 aromatic rings. The fourth-order valence-electron chi connectivity index (χ4n) is 3.87. The summed E-state index contributed by atoms with van der Waals surface area (Å²) < 4.78 is 7.27. The van der Waals surface area contributed by atoms with E-state index in [1.54, 1.807) is 6.92 Å². The molecule has 1 atom stereocenters. The van der Waals surface area contributed by atoms with Gasteiger partial charge in [-0.25, -0.2) is 4.79 Å². The maximum atomic E-state index is 13.0. The van der Waals surface area contributed by atoms with Crippen LogP contribution in [0.5, 0.6) is 0 Å². The second-order valence-electron chi connectivity index (χ2n) is 7.54. The third kappa shape index (κ3) is 4.21. The van der Waals surface area contributed by atoms with Gasteiger partial charge in [-0.1, -0.05) is 26.0 Å². The summed E-state index contributed by atoms with van der Waals surface area (Å²) in [5.74, 6) is 0.0664. The lowest BCUT2D eigenvalue weighted by Crippen LogP contribution is -2.46. The zero-order valence-corrected chi connectivity index (χ0v) is 17.1. The molecule has 150 valence electrons. The molecule has 0 saturated heterocycles. The quantitative estimate of drug-likeness (QED) is 0.789. The van der Waals surface area contributed by atoms with Gasteiger partial charge in [-0.2, -0.15) is 0 Å². The van der Waals surface area contributed by atoms with Crippen LogP contribution < -0.4 is 5.32 Å². The molecule has 0 saturated carbocycles. The molecular weight excluding hydrogens is 354 g/mol. The van der Waals surface area contributed by atoms with Gasteiger partial charge in [0.2, 0.25) is 0 Å². The molecule has 1 N–H and O–H groups in total. The van der Waals surface area contributed by atoms with Crippen LogP contribution in [0.15, 0.2) is 36.4 Å². The maximum Gasteiger partial charge on any atom is 0.322 e. The van der Waals surface area contributed by atoms with Crippen LogP contribution in [0.25, 0.3) is 0 Å². The van der Waals surface area contributed by atoms with Crippen molar-refractivity contribution in [3.8, 4) is 0 Å². The van der Waals surface area contributed by atoms with Gasteiger partial charge in [0.15, 0.2) is 0 Å². The van der Waals surface area contributed by atoms with Crippen molar-refractivity contribution in [3.05, 3.63) is 53.3 Å². The van der Waals surface area contributed by atoms with E-state index in [1.807, 2.05) is 29.2 Å². The summed E-state index contributed by atoms with van der Waals surface area (Å²) in [6, 6.07) is 11.5. The zero-order chi connectivity index (χ0) is 20.3. The summed E-state index contributed by atoms with van der Waals surface area (Å²) in [6.07, 6.45) is 0.236. The number of ether oxygens (including phenoxy) is 1. The minimum absolute atomic E-state index is 0.0468. The van der Waals surface area contributed by atoms with E-state index in [0.717, 1.165) is 17.8 Å². The number of aryl methyl sites for hydroxylation is 1. The second-order valence-corrected chi connectivity index (χ2v) is 7.54. The van der Waals surface area contributed by atoms with Gasteiger partial charge in [0, 0.05) is 30.2 Å². The summed E-state index contributed by atoms with van der Waals surface area (Å²) in [7, 11) is 0. The van der Waals surface area contributed by atoms with Crippen LogP contribution >= 0.6 is 0 Å². The molecule has 1 aliphatic heterocycles. The topological polar surface area (TPSA) is 63.6 Å². The Balaban J connectivity index is 1.69. The Kier molecular flexibility index (Phi) is 6.07. The Morgan fingerprint density at radius 1 is 1.14 bits per heavy atom. The molecule has 1 aromatic heterocycles. The van der Waals surface area contributed by atoms with E-state index >= 15 is 0 Å². The van der Waals surface area contributed by atoms with Gasteiger partial charge < -0.3 is 19.5 Å². The SMILES string of the molecule is CCOC(=O)Cc1ccc(NC(=O)N2CCn3c(C)ccc3[C@@H]2C(C)C)cc1. The van der Waals surface area contributed by atoms with Gasteiger partial charge in [0.1, 0.15) is 0 Å². The molecule has 1 aromatic carbocycles. The smallest absolute Gasteiger partial charge is 0.322 e. The van der Waals surface area contributed by atoms with Crippen molar-refractivity contribution in [2.24, 2.45) is 5.92 Å². The van der Waals surface area contributed by atoms with E-state index in [9.17, 15) is 9.59 Å². The van der Waals surface area contributed by atoms with E-state index in [4.69, 9.17) is 4.74 Å². The van der Waals surface area contributed by atoms with Crippen molar-refractivity contribution < 1.29 is 14.3 Å². The van der Waals surface area contributed by atoms with Gasteiger partial charge >= 0.3 is 12.0 Å². The Bertz CT molecular complexity index is 839. The van der Waals surface area contributed by atoms with Crippen molar-refractivity contribution in [1.29, 1.82) is 0 Å². The highest BCUT2D eigenvalue weighted by Gasteiger charge is 2.33. The number of anilines is 1. The first kappa shape index (κ1) is 20.0. The van der Waals surface area contributed by atoms with E-state index in [-0.39, 0.29) is 24.5 Å². The van der Waals surface area contributed by atoms with Crippen LogP contribution in [-0.4, -0.2) is 34.6 Å². The van der Waals surface area contributed by atoms with Gasteiger partial charge in [-0.15, -0.1) is 0 Å². The Morgan fingerprint density at radius 2 is 1.86 bits per heavy atom. The Morgan fingerprint density at radius 3 is 2.50 bits per heavy atom. The van der Waals surface area contributed by atoms with Crippen molar-refractivity contribution in [2.45, 2.75) is 46.7 Å². The third-order valence-electron chi connectivity index (χ3n) is 5.19. The lowest BCUT2D eigenvalue weighted by Gasteiger charge is -2.39. The molecule has 3 rings (SSSR count). The zero-order valence-electron chi connectivity index (χ0n) is 17.1. The molecule has 2 amide bonds. The number of benzene rings is 1. The normalized spacial score (nSPS) is 16.0. The minimum atomic E-state index is -0.245. The maximum absolute atomic E-state index is 13.0. The average Bonchev–Trinajstić information content (AvgIpc) is 3.03. The molecule has 6 nitrogen and oxygen atoms in total. The average molecular weight is 383 g/mol. The lowest BCUT2D eigenvalue weighted by atomic mass is 9.97. The minimum Gasteiger partial charge on any atom is -0.466 e. The van der Waals surface area contributed by atoms with Crippen LogP contribution in [0.3, 0.4) is 0 Å². The van der Waals surface area contributed by atoms with E-state index in [1.165, 1.54) is 11.4 Å². The molecule has 0 bridgehead atoms. The monoisotopic (exact) mass is 383 g/mol. The third-order valence-corrected chi connectivity index (χ3v) is 5.19. The van der Waals surface area contributed by atoms with Gasteiger partial charge in [-0.3, -0.25) is 4.79 Å². The predicted molar refractivity (Wildman–Crippen MR) is 109 cm³/mol. The van der Waals surface area contributed by atoms with Gasteiger partial charge in [-0.05, 0) is 49.6 Å². The molecule has 0 radical (unpaired) electrons. The Labute approximate surface area is 166 Å². The fourth-order valence-corrected chi connectivity index (χ4v) is 3.87. The first-order valence-corrected chi connectivity index (χ1v) is 9.89. The van der Waals surface area contributed by atoms with E-state index in [2.05, 4.69) is 42.8 Å². The molecule has 0 spiro atoms. The number of urea groups is 1. The highest BCUT2D eigenvalue weighted by atomic mass is 16.5. The highest BCUT2D eigenvalue weighted by molar-refractivity contribution is 5.89. The Hall–Kier alpha value is -2.76. The fraction of sp³-hybridized carbons (Fsp3) is 0.455. The highest BCUT2D eigenvalue weighted by Crippen LogP contribution is 2.33. The summed E-state index contributed by atoms with van der Waals surface area (Å²) in [4.78, 5) is 26.5. The number of nitrogens with zero attached hydrogens (tertiary/aromatic N) is 2. The molecule has 2 heterocycles. The predicted octanol–water partition coefficient (Wildman–Crippen LogP) is 4.15. The van der Waals surface area contributed by atoms with Crippen LogP contribution in [0.1, 0.15) is 43.8 Å². The summed E-state index contributed by atoms with van der Waals surface area (Å²) in [5.41, 5.74) is 4.01. The number of aromatic nitrogens is 1. The van der Waals surface area contributed by atoms with E-state index < -0.39 is 0 Å². The lowest BCUT2D eigenvalue weighted by molar-refractivity contribution is -0.142. The van der Waals surface area contributed by atoms with Crippen molar-refractivity contribution in [2.75, 3.05) is 18.5 Å². The number of rotatable bonds is 5. The molecule has 6 heteroatoms. The van der Waals surface area contributed by atoms with Crippen LogP contribution in [0.4, 0.5) is 10.5 Å². The first-order valence-electron chi connectivity index (χ1n) is 9.89. The number of nitrogens with one attached hydrogen (secondary N) is 1. The second kappa shape index (κ2) is 8.50. The molecular formula is C22H29N3O3. The summed E-state index contributed by atoms with van der Waals surface area (Å²) >= 11 is 0. The number of hydrogen-bond acceptors (Lipinski definition) is 3. The molecule has 0 aliphatic carbocycles. The molecule has 0 unspecified atom stereocenters. The summed E-state index contributed by atoms with van der Waals surface area (Å²) in [6.45, 7) is 10.1. The van der Waals surface area contributed by atoms with E-state index in [0.29, 0.717) is 19.1 Å². The van der Waals surface area contributed by atoms with Crippen LogP contribution in [0, 0.1) is 12.8 Å². The van der Waals surface area contributed by atoms with Crippen molar-refractivity contribution in [1.82, 2.24) is 9.47 Å². The van der Waals surface area contributed by atoms with Crippen LogP contribution in [0.2, 0.25) is 0 Å². The number of carbonyl (C=O) groups excluding carboxylic acids is 2. The number of esters is 1.